The zero-order chi connectivity index (χ0) is 15.9. The minimum absolute atomic E-state index is 0.0771. The monoisotopic (exact) mass is 313 g/mol. The molecule has 0 spiro atoms. The van der Waals surface area contributed by atoms with Gasteiger partial charge in [0.15, 0.2) is 22.6 Å². The summed E-state index contributed by atoms with van der Waals surface area (Å²) in [5.74, 6) is -3.56. The van der Waals surface area contributed by atoms with Gasteiger partial charge in [0, 0.05) is 17.5 Å². The quantitative estimate of drug-likeness (QED) is 0.743. The Balaban J connectivity index is 2.75. The Morgan fingerprint density at radius 1 is 1.14 bits per heavy atom. The van der Waals surface area contributed by atoms with Crippen LogP contribution in [-0.4, -0.2) is 9.78 Å². The van der Waals surface area contributed by atoms with Gasteiger partial charge in [0.1, 0.15) is 17.3 Å². The van der Waals surface area contributed by atoms with Crippen molar-refractivity contribution in [2.75, 3.05) is 0 Å². The third-order valence-electron chi connectivity index (χ3n) is 2.87. The summed E-state index contributed by atoms with van der Waals surface area (Å²) in [4.78, 5) is 0. The maximum Gasteiger partial charge on any atom is 0.161 e. The number of nitrogens with zero attached hydrogens (tertiary/aromatic N) is 3. The zero-order valence-electron chi connectivity index (χ0n) is 11.5. The van der Waals surface area contributed by atoms with Crippen molar-refractivity contribution in [1.82, 2.24) is 9.78 Å². The largest absolute Gasteiger partial charge is 0.217 e. The fourth-order valence-corrected chi connectivity index (χ4v) is 2.12. The molecule has 21 heavy (non-hydrogen) atoms. The Kier molecular flexibility index (Phi) is 3.72. The van der Waals surface area contributed by atoms with E-state index in [4.69, 9.17) is 11.6 Å². The average Bonchev–Trinajstić information content (AvgIpc) is 2.70. The molecule has 1 aromatic carbocycles. The van der Waals surface area contributed by atoms with E-state index in [1.54, 1.807) is 20.8 Å². The highest BCUT2D eigenvalue weighted by molar-refractivity contribution is 6.31. The van der Waals surface area contributed by atoms with Crippen molar-refractivity contribution < 1.29 is 13.2 Å². The first-order valence-electron chi connectivity index (χ1n) is 6.01. The summed E-state index contributed by atoms with van der Waals surface area (Å²) in [7, 11) is 0. The van der Waals surface area contributed by atoms with Crippen molar-refractivity contribution in [2.45, 2.75) is 26.2 Å². The van der Waals surface area contributed by atoms with Gasteiger partial charge in [0.25, 0.3) is 0 Å². The normalized spacial score (nSPS) is 11.5. The van der Waals surface area contributed by atoms with E-state index in [1.165, 1.54) is 0 Å². The molecule has 0 radical (unpaired) electrons. The lowest BCUT2D eigenvalue weighted by molar-refractivity contribution is 0.490. The van der Waals surface area contributed by atoms with Crippen molar-refractivity contribution in [1.29, 1.82) is 5.26 Å². The Labute approximate surface area is 124 Å². The Morgan fingerprint density at radius 3 is 2.19 bits per heavy atom. The second-order valence-electron chi connectivity index (χ2n) is 5.51. The molecule has 7 heteroatoms. The van der Waals surface area contributed by atoms with Gasteiger partial charge in [-0.3, -0.25) is 0 Å². The molecule has 3 nitrogen and oxygen atoms in total. The van der Waals surface area contributed by atoms with E-state index in [0.29, 0.717) is 17.8 Å². The molecule has 0 N–H and O–H groups in total. The van der Waals surface area contributed by atoms with Crippen LogP contribution >= 0.6 is 11.6 Å². The van der Waals surface area contributed by atoms with Gasteiger partial charge in [-0.15, -0.1) is 0 Å². The molecule has 0 saturated carbocycles. The lowest BCUT2D eigenvalue weighted by Gasteiger charge is -2.15. The molecule has 0 fully saturated rings. The van der Waals surface area contributed by atoms with E-state index in [0.717, 1.165) is 4.68 Å². The second-order valence-corrected chi connectivity index (χ2v) is 5.86. The summed E-state index contributed by atoms with van der Waals surface area (Å²) in [6.45, 7) is 5.41. The van der Waals surface area contributed by atoms with E-state index >= 15 is 0 Å². The molecular weight excluding hydrogens is 303 g/mol. The third-order valence-corrected chi connectivity index (χ3v) is 3.22. The van der Waals surface area contributed by atoms with E-state index in [1.807, 2.05) is 6.07 Å². The van der Waals surface area contributed by atoms with Crippen molar-refractivity contribution in [3.8, 4) is 11.8 Å². The van der Waals surface area contributed by atoms with Crippen LogP contribution in [0, 0.1) is 28.8 Å². The fraction of sp³-hybridized carbons (Fsp3) is 0.286. The van der Waals surface area contributed by atoms with Gasteiger partial charge < -0.3 is 0 Å². The van der Waals surface area contributed by atoms with E-state index in [-0.39, 0.29) is 16.4 Å². The van der Waals surface area contributed by atoms with E-state index in [9.17, 15) is 18.4 Å². The molecule has 0 bridgehead atoms. The first kappa shape index (κ1) is 15.4. The molecule has 1 aromatic heterocycles. The number of benzene rings is 1. The molecule has 0 aliphatic carbocycles. The summed E-state index contributed by atoms with van der Waals surface area (Å²) in [6.07, 6.45) is 0. The van der Waals surface area contributed by atoms with Crippen molar-refractivity contribution >= 4 is 11.6 Å². The highest BCUT2D eigenvalue weighted by atomic mass is 35.5. The van der Waals surface area contributed by atoms with Crippen LogP contribution in [0.25, 0.3) is 5.69 Å². The van der Waals surface area contributed by atoms with Crippen molar-refractivity contribution in [2.24, 2.45) is 0 Å². The topological polar surface area (TPSA) is 41.6 Å². The van der Waals surface area contributed by atoms with E-state index < -0.39 is 22.9 Å². The fourth-order valence-electron chi connectivity index (χ4n) is 1.86. The van der Waals surface area contributed by atoms with Gasteiger partial charge >= 0.3 is 0 Å². The minimum atomic E-state index is -1.31. The lowest BCUT2D eigenvalue weighted by atomic mass is 9.90. The van der Waals surface area contributed by atoms with Crippen LogP contribution in [0.1, 0.15) is 32.0 Å². The third kappa shape index (κ3) is 2.61. The summed E-state index contributed by atoms with van der Waals surface area (Å²) >= 11 is 6.03. The molecule has 0 unspecified atom stereocenters. The minimum Gasteiger partial charge on any atom is -0.217 e. The molecule has 110 valence electrons. The van der Waals surface area contributed by atoms with Gasteiger partial charge in [0.2, 0.25) is 0 Å². The maximum atomic E-state index is 13.8. The maximum absolute atomic E-state index is 13.8. The summed E-state index contributed by atoms with van der Waals surface area (Å²) in [5, 5.41) is 13.1. The van der Waals surface area contributed by atoms with Gasteiger partial charge in [-0.2, -0.15) is 10.4 Å². The second kappa shape index (κ2) is 5.08. The highest BCUT2D eigenvalue weighted by Crippen LogP contribution is 2.32. The first-order valence-corrected chi connectivity index (χ1v) is 6.38. The standard InChI is InChI=1S/C14H11ClF3N3/c1-14(2,3)12-7(6-19)13(15)21(20-12)11-5-9(17)8(16)4-10(11)18/h4-5H,1-3H3. The molecule has 1 heterocycles. The van der Waals surface area contributed by atoms with Gasteiger partial charge in [-0.1, -0.05) is 32.4 Å². The van der Waals surface area contributed by atoms with Crippen LogP contribution in [0.2, 0.25) is 5.15 Å². The predicted molar refractivity (Wildman–Crippen MR) is 71.9 cm³/mol. The van der Waals surface area contributed by atoms with Gasteiger partial charge in [-0.05, 0) is 0 Å². The predicted octanol–water partition coefficient (Wildman–Crippen LogP) is 4.11. The van der Waals surface area contributed by atoms with Crippen LogP contribution < -0.4 is 0 Å². The van der Waals surface area contributed by atoms with Crippen LogP contribution in [0.5, 0.6) is 0 Å². The molecule has 2 rings (SSSR count). The first-order chi connectivity index (χ1) is 9.66. The number of aromatic nitrogens is 2. The highest BCUT2D eigenvalue weighted by Gasteiger charge is 2.28. The Bertz CT molecular complexity index is 754. The van der Waals surface area contributed by atoms with Crippen LogP contribution in [0.4, 0.5) is 13.2 Å². The molecule has 0 aliphatic rings. The van der Waals surface area contributed by atoms with Crippen LogP contribution in [0.15, 0.2) is 12.1 Å². The van der Waals surface area contributed by atoms with E-state index in [2.05, 4.69) is 5.10 Å². The van der Waals surface area contributed by atoms with Crippen molar-refractivity contribution in [3.63, 3.8) is 0 Å². The SMILES string of the molecule is CC(C)(C)c1nn(-c2cc(F)c(F)cc2F)c(Cl)c1C#N. The Hall–Kier alpha value is -2.00. The molecule has 0 saturated heterocycles. The number of nitriles is 1. The molecular formula is C14H11ClF3N3. The average molecular weight is 314 g/mol. The van der Waals surface area contributed by atoms with Crippen molar-refractivity contribution in [3.05, 3.63) is 46.0 Å². The zero-order valence-corrected chi connectivity index (χ0v) is 12.3. The Morgan fingerprint density at radius 2 is 1.71 bits per heavy atom. The summed E-state index contributed by atoms with van der Waals surface area (Å²) in [6, 6.07) is 2.96. The summed E-state index contributed by atoms with van der Waals surface area (Å²) in [5.41, 5.74) is -0.451. The number of halogens is 4. The number of hydrogen-bond donors (Lipinski definition) is 0. The van der Waals surface area contributed by atoms with Crippen LogP contribution in [0.3, 0.4) is 0 Å². The number of rotatable bonds is 1. The summed E-state index contributed by atoms with van der Waals surface area (Å²) < 4.78 is 41.0. The molecule has 2 aromatic rings. The van der Waals surface area contributed by atoms with Gasteiger partial charge in [0.05, 0.1) is 5.69 Å². The smallest absolute Gasteiger partial charge is 0.161 e. The number of hydrogen-bond acceptors (Lipinski definition) is 2. The van der Waals surface area contributed by atoms with Gasteiger partial charge in [-0.25, -0.2) is 17.9 Å². The molecule has 0 aliphatic heterocycles. The van der Waals surface area contributed by atoms with Crippen LogP contribution in [-0.2, 0) is 5.41 Å². The molecule has 0 atom stereocenters. The molecule has 0 amide bonds. The lowest BCUT2D eigenvalue weighted by Crippen LogP contribution is -2.14.